The molecule has 0 bridgehead atoms. The van der Waals surface area contributed by atoms with Gasteiger partial charge >= 0.3 is 0 Å². The Balaban J connectivity index is 2.14. The molecule has 2 aromatic rings. The van der Waals surface area contributed by atoms with Crippen LogP contribution in [0.4, 0.5) is 0 Å². The number of aryl methyl sites for hydroxylation is 1. The largest absolute Gasteiger partial charge is 0.324 e. The molecule has 3 heteroatoms. The van der Waals surface area contributed by atoms with Crippen molar-refractivity contribution in [1.82, 2.24) is 0 Å². The van der Waals surface area contributed by atoms with Gasteiger partial charge in [-0.3, -0.25) is 0 Å². The Bertz CT molecular complexity index is 478. The third-order valence-corrected chi connectivity index (χ3v) is 4.28. The van der Waals surface area contributed by atoms with Crippen molar-refractivity contribution >= 4 is 27.3 Å². The summed E-state index contributed by atoms with van der Waals surface area (Å²) in [5.41, 5.74) is 8.74. The molecule has 1 aromatic carbocycles. The van der Waals surface area contributed by atoms with E-state index in [0.717, 1.165) is 6.42 Å². The second kappa shape index (κ2) is 5.13. The van der Waals surface area contributed by atoms with Crippen molar-refractivity contribution in [2.45, 2.75) is 19.4 Å². The molecule has 2 N–H and O–H groups in total. The maximum absolute atomic E-state index is 6.23. The van der Waals surface area contributed by atoms with Crippen LogP contribution in [0.15, 0.2) is 40.2 Å². The quantitative estimate of drug-likeness (QED) is 0.908. The lowest BCUT2D eigenvalue weighted by Gasteiger charge is -2.13. The maximum atomic E-state index is 6.23. The Hall–Kier alpha value is -0.640. The van der Waals surface area contributed by atoms with Gasteiger partial charge in [-0.25, -0.2) is 0 Å². The number of rotatable bonds is 3. The molecule has 0 aliphatic heterocycles. The number of halogens is 1. The van der Waals surface area contributed by atoms with Crippen LogP contribution in [0.5, 0.6) is 0 Å². The van der Waals surface area contributed by atoms with E-state index in [0.29, 0.717) is 0 Å². The molecule has 0 amide bonds. The summed E-state index contributed by atoms with van der Waals surface area (Å²) >= 11 is 5.22. The fourth-order valence-corrected chi connectivity index (χ4v) is 3.33. The van der Waals surface area contributed by atoms with Crippen LogP contribution in [0, 0.1) is 6.92 Å². The maximum Gasteiger partial charge on any atom is 0.0701 e. The molecule has 0 aliphatic rings. The predicted octanol–water partition coefficient (Wildman–Crippen LogP) is 4.06. The van der Waals surface area contributed by atoms with E-state index in [2.05, 4.69) is 47.1 Å². The van der Waals surface area contributed by atoms with Crippen molar-refractivity contribution in [3.05, 3.63) is 56.2 Å². The van der Waals surface area contributed by atoms with Crippen LogP contribution in [0.25, 0.3) is 0 Å². The van der Waals surface area contributed by atoms with Crippen LogP contribution in [0.2, 0.25) is 0 Å². The summed E-state index contributed by atoms with van der Waals surface area (Å²) in [5, 5.41) is 0. The third kappa shape index (κ3) is 2.73. The molecule has 1 atom stereocenters. The van der Waals surface area contributed by atoms with Gasteiger partial charge in [-0.15, -0.1) is 11.3 Å². The van der Waals surface area contributed by atoms with E-state index in [-0.39, 0.29) is 6.04 Å². The Morgan fingerprint density at radius 2 is 2.00 bits per heavy atom. The molecule has 1 unspecified atom stereocenters. The van der Waals surface area contributed by atoms with Gasteiger partial charge in [0.2, 0.25) is 0 Å². The van der Waals surface area contributed by atoms with Gasteiger partial charge in [-0.05, 0) is 46.1 Å². The van der Waals surface area contributed by atoms with E-state index in [9.17, 15) is 0 Å². The highest BCUT2D eigenvalue weighted by atomic mass is 79.9. The Labute approximate surface area is 108 Å². The summed E-state index contributed by atoms with van der Waals surface area (Å²) in [6, 6.07) is 12.6. The van der Waals surface area contributed by atoms with Crippen LogP contribution in [-0.2, 0) is 6.42 Å². The highest BCUT2D eigenvalue weighted by Crippen LogP contribution is 2.26. The van der Waals surface area contributed by atoms with Gasteiger partial charge in [-0.1, -0.05) is 24.3 Å². The highest BCUT2D eigenvalue weighted by molar-refractivity contribution is 9.11. The highest BCUT2D eigenvalue weighted by Gasteiger charge is 2.10. The second-order valence-electron chi connectivity index (χ2n) is 3.87. The Morgan fingerprint density at radius 1 is 1.25 bits per heavy atom. The first-order valence-corrected chi connectivity index (χ1v) is 6.83. The summed E-state index contributed by atoms with van der Waals surface area (Å²) in [6.45, 7) is 2.11. The summed E-state index contributed by atoms with van der Waals surface area (Å²) in [4.78, 5) is 1.32. The molecule has 0 saturated heterocycles. The lowest BCUT2D eigenvalue weighted by Crippen LogP contribution is -2.13. The van der Waals surface area contributed by atoms with Crippen molar-refractivity contribution in [2.75, 3.05) is 0 Å². The van der Waals surface area contributed by atoms with E-state index >= 15 is 0 Å². The van der Waals surface area contributed by atoms with E-state index in [1.807, 2.05) is 12.1 Å². The lowest BCUT2D eigenvalue weighted by atomic mass is 9.99. The first kappa shape index (κ1) is 11.8. The van der Waals surface area contributed by atoms with Gasteiger partial charge in [0.05, 0.1) is 3.79 Å². The second-order valence-corrected chi connectivity index (χ2v) is 6.42. The fourth-order valence-electron chi connectivity index (χ4n) is 1.79. The standard InChI is InChI=1S/C13H14BrNS/c1-9-4-2-3-5-11(9)12(15)8-10-6-7-13(14)16-10/h2-7,12H,8,15H2,1H3. The molecule has 16 heavy (non-hydrogen) atoms. The SMILES string of the molecule is Cc1ccccc1C(N)Cc1ccc(Br)s1. The minimum atomic E-state index is 0.0896. The van der Waals surface area contributed by atoms with Crippen molar-refractivity contribution in [2.24, 2.45) is 5.73 Å². The van der Waals surface area contributed by atoms with Crippen molar-refractivity contribution in [1.29, 1.82) is 0 Å². The minimum absolute atomic E-state index is 0.0896. The number of nitrogens with two attached hydrogens (primary N) is 1. The summed E-state index contributed by atoms with van der Waals surface area (Å²) in [6.07, 6.45) is 0.904. The number of thiophene rings is 1. The molecule has 0 spiro atoms. The normalized spacial score (nSPS) is 12.7. The predicted molar refractivity (Wildman–Crippen MR) is 73.8 cm³/mol. The van der Waals surface area contributed by atoms with Crippen molar-refractivity contribution in [3.8, 4) is 0 Å². The van der Waals surface area contributed by atoms with Crippen molar-refractivity contribution in [3.63, 3.8) is 0 Å². The fraction of sp³-hybridized carbons (Fsp3) is 0.231. The van der Waals surface area contributed by atoms with Crippen LogP contribution < -0.4 is 5.73 Å². The van der Waals surface area contributed by atoms with Crippen LogP contribution in [0.3, 0.4) is 0 Å². The molecule has 1 nitrogen and oxygen atoms in total. The molecule has 1 aromatic heterocycles. The van der Waals surface area contributed by atoms with Gasteiger partial charge in [0.15, 0.2) is 0 Å². The average molecular weight is 296 g/mol. The number of benzene rings is 1. The van der Waals surface area contributed by atoms with Gasteiger partial charge < -0.3 is 5.73 Å². The summed E-state index contributed by atoms with van der Waals surface area (Å²) in [7, 11) is 0. The van der Waals surface area contributed by atoms with Crippen LogP contribution >= 0.6 is 27.3 Å². The van der Waals surface area contributed by atoms with Gasteiger partial charge in [0.25, 0.3) is 0 Å². The van der Waals surface area contributed by atoms with Gasteiger partial charge in [-0.2, -0.15) is 0 Å². The average Bonchev–Trinajstić information content (AvgIpc) is 2.64. The van der Waals surface area contributed by atoms with E-state index in [1.54, 1.807) is 11.3 Å². The molecule has 0 radical (unpaired) electrons. The smallest absolute Gasteiger partial charge is 0.0701 e. The Kier molecular flexibility index (Phi) is 3.79. The monoisotopic (exact) mass is 295 g/mol. The minimum Gasteiger partial charge on any atom is -0.324 e. The molecular weight excluding hydrogens is 282 g/mol. The zero-order valence-electron chi connectivity index (χ0n) is 9.11. The molecule has 84 valence electrons. The van der Waals surface area contributed by atoms with Gasteiger partial charge in [0, 0.05) is 17.3 Å². The van der Waals surface area contributed by atoms with Crippen molar-refractivity contribution < 1.29 is 0 Å². The van der Waals surface area contributed by atoms with E-state index in [1.165, 1.54) is 19.8 Å². The van der Waals surface area contributed by atoms with Crippen LogP contribution in [-0.4, -0.2) is 0 Å². The number of hydrogen-bond donors (Lipinski definition) is 1. The lowest BCUT2D eigenvalue weighted by molar-refractivity contribution is 0.725. The van der Waals surface area contributed by atoms with Gasteiger partial charge in [0.1, 0.15) is 0 Å². The Morgan fingerprint density at radius 3 is 2.62 bits per heavy atom. The first-order valence-electron chi connectivity index (χ1n) is 5.22. The first-order chi connectivity index (χ1) is 7.66. The molecule has 0 aliphatic carbocycles. The molecule has 2 rings (SSSR count). The van der Waals surface area contributed by atoms with Crippen LogP contribution in [0.1, 0.15) is 22.0 Å². The zero-order valence-corrected chi connectivity index (χ0v) is 11.5. The zero-order chi connectivity index (χ0) is 11.5. The molecule has 0 saturated carbocycles. The number of hydrogen-bond acceptors (Lipinski definition) is 2. The third-order valence-electron chi connectivity index (χ3n) is 2.64. The molecule has 1 heterocycles. The summed E-state index contributed by atoms with van der Waals surface area (Å²) < 4.78 is 1.17. The topological polar surface area (TPSA) is 26.0 Å². The van der Waals surface area contributed by atoms with E-state index < -0.39 is 0 Å². The molecule has 0 fully saturated rings. The van der Waals surface area contributed by atoms with E-state index in [4.69, 9.17) is 5.73 Å². The summed E-state index contributed by atoms with van der Waals surface area (Å²) in [5.74, 6) is 0. The molecular formula is C13H14BrNS.